The maximum absolute atomic E-state index is 11.6. The summed E-state index contributed by atoms with van der Waals surface area (Å²) in [5.74, 6) is 4.89. The molecule has 160 valence electrons. The minimum absolute atomic E-state index is 0.125. The number of ether oxygens (including phenoxy) is 2. The molecule has 4 rings (SSSR count). The van der Waals surface area contributed by atoms with Crippen molar-refractivity contribution in [3.05, 3.63) is 0 Å². The number of fused-ring (bicyclic) bond motifs is 5. The normalized spacial score (nSPS) is 50.6. The van der Waals surface area contributed by atoms with Gasteiger partial charge in [0, 0.05) is 5.41 Å². The number of rotatable bonds is 2. The molecule has 2 amide bonds. The molecule has 0 heterocycles. The van der Waals surface area contributed by atoms with Crippen molar-refractivity contribution in [2.75, 3.05) is 0 Å². The molecule has 4 aliphatic rings. The molecule has 0 radical (unpaired) electrons. The largest absolute Gasteiger partial charge is 0.443 e. The summed E-state index contributed by atoms with van der Waals surface area (Å²) in [5.41, 5.74) is 9.27. The predicted molar refractivity (Wildman–Crippen MR) is 108 cm³/mol. The molecular formula is C23H34N2O4. The highest BCUT2D eigenvalue weighted by Gasteiger charge is 2.68. The highest BCUT2D eigenvalue weighted by atomic mass is 16.6. The number of primary amides is 2. The topological polar surface area (TPSA) is 105 Å². The van der Waals surface area contributed by atoms with Crippen LogP contribution in [-0.4, -0.2) is 23.4 Å². The molecule has 4 saturated carbocycles. The SMILES string of the molecule is C#C[C@]1(OC(N)=O)CCC2C3CCC4C[C@@](C)(OC(N)=O)C[C@]4(C)C3CC[C@@]21C. The third-order valence-corrected chi connectivity index (χ3v) is 9.47. The van der Waals surface area contributed by atoms with Gasteiger partial charge in [0.1, 0.15) is 5.60 Å². The average Bonchev–Trinajstić information content (AvgIpc) is 3.04. The zero-order chi connectivity index (χ0) is 21.2. The lowest BCUT2D eigenvalue weighted by Gasteiger charge is -2.58. The third kappa shape index (κ3) is 2.76. The van der Waals surface area contributed by atoms with Crippen LogP contribution in [0.5, 0.6) is 0 Å². The quantitative estimate of drug-likeness (QED) is 0.682. The van der Waals surface area contributed by atoms with E-state index >= 15 is 0 Å². The molecule has 6 nitrogen and oxygen atoms in total. The fourth-order valence-electron chi connectivity index (χ4n) is 8.47. The molecular weight excluding hydrogens is 368 g/mol. The number of carbonyl (C=O) groups is 2. The van der Waals surface area contributed by atoms with Crippen LogP contribution in [0.1, 0.15) is 72.1 Å². The van der Waals surface area contributed by atoms with Crippen molar-refractivity contribution in [2.45, 2.75) is 83.3 Å². The number of carbonyl (C=O) groups excluding carboxylic acids is 2. The van der Waals surface area contributed by atoms with Gasteiger partial charge in [-0.1, -0.05) is 19.8 Å². The van der Waals surface area contributed by atoms with Crippen LogP contribution in [0.3, 0.4) is 0 Å². The number of hydrogen-bond acceptors (Lipinski definition) is 4. The van der Waals surface area contributed by atoms with Gasteiger partial charge in [0.05, 0.1) is 0 Å². The second-order valence-electron chi connectivity index (χ2n) is 10.8. The summed E-state index contributed by atoms with van der Waals surface area (Å²) in [4.78, 5) is 23.1. The second kappa shape index (κ2) is 6.30. The predicted octanol–water partition coefficient (Wildman–Crippen LogP) is 3.96. The lowest BCUT2D eigenvalue weighted by Crippen LogP contribution is -2.56. The van der Waals surface area contributed by atoms with E-state index in [2.05, 4.69) is 19.8 Å². The van der Waals surface area contributed by atoms with Crippen LogP contribution >= 0.6 is 0 Å². The average molecular weight is 403 g/mol. The van der Waals surface area contributed by atoms with Crippen molar-refractivity contribution in [1.82, 2.24) is 0 Å². The van der Waals surface area contributed by atoms with Gasteiger partial charge in [0.15, 0.2) is 5.60 Å². The monoisotopic (exact) mass is 402 g/mol. The fourth-order valence-corrected chi connectivity index (χ4v) is 8.47. The lowest BCUT2D eigenvalue weighted by molar-refractivity contribution is -0.121. The summed E-state index contributed by atoms with van der Waals surface area (Å²) < 4.78 is 11.2. The second-order valence-corrected chi connectivity index (χ2v) is 10.8. The molecule has 4 aliphatic carbocycles. The zero-order valence-electron chi connectivity index (χ0n) is 17.8. The Morgan fingerprint density at radius 2 is 1.62 bits per heavy atom. The molecule has 29 heavy (non-hydrogen) atoms. The summed E-state index contributed by atoms with van der Waals surface area (Å²) in [6, 6.07) is 0. The Labute approximate surface area is 173 Å². The Bertz CT molecular complexity index is 777. The van der Waals surface area contributed by atoms with E-state index in [9.17, 15) is 9.59 Å². The lowest BCUT2D eigenvalue weighted by atomic mass is 9.47. The van der Waals surface area contributed by atoms with Crippen molar-refractivity contribution < 1.29 is 19.1 Å². The summed E-state index contributed by atoms with van der Waals surface area (Å²) in [7, 11) is 0. The van der Waals surface area contributed by atoms with Gasteiger partial charge in [0.25, 0.3) is 0 Å². The van der Waals surface area contributed by atoms with Crippen LogP contribution in [-0.2, 0) is 9.47 Å². The fraction of sp³-hybridized carbons (Fsp3) is 0.826. The van der Waals surface area contributed by atoms with E-state index in [1.54, 1.807) is 0 Å². The first kappa shape index (κ1) is 20.4. The first-order chi connectivity index (χ1) is 13.5. The van der Waals surface area contributed by atoms with Gasteiger partial charge in [-0.15, -0.1) is 6.42 Å². The number of terminal acetylenes is 1. The Kier molecular flexibility index (Phi) is 4.42. The van der Waals surface area contributed by atoms with Crippen molar-refractivity contribution in [3.8, 4) is 12.3 Å². The van der Waals surface area contributed by atoms with Gasteiger partial charge < -0.3 is 20.9 Å². The van der Waals surface area contributed by atoms with Gasteiger partial charge >= 0.3 is 12.2 Å². The van der Waals surface area contributed by atoms with E-state index in [0.717, 1.165) is 44.9 Å². The third-order valence-electron chi connectivity index (χ3n) is 9.47. The first-order valence-corrected chi connectivity index (χ1v) is 10.9. The van der Waals surface area contributed by atoms with E-state index in [-0.39, 0.29) is 10.8 Å². The molecule has 4 unspecified atom stereocenters. The van der Waals surface area contributed by atoms with Crippen LogP contribution in [0.4, 0.5) is 9.59 Å². The van der Waals surface area contributed by atoms with Gasteiger partial charge in [-0.05, 0) is 87.4 Å². The number of amides is 2. The number of hydrogen-bond donors (Lipinski definition) is 2. The smallest absolute Gasteiger partial charge is 0.406 e. The summed E-state index contributed by atoms with van der Waals surface area (Å²) >= 11 is 0. The van der Waals surface area contributed by atoms with E-state index in [1.165, 1.54) is 0 Å². The van der Waals surface area contributed by atoms with Gasteiger partial charge in [0.2, 0.25) is 0 Å². The van der Waals surface area contributed by atoms with Crippen molar-refractivity contribution in [3.63, 3.8) is 0 Å². The summed E-state index contributed by atoms with van der Waals surface area (Å²) in [5, 5.41) is 0. The molecule has 4 fully saturated rings. The molecule has 4 N–H and O–H groups in total. The highest BCUT2D eigenvalue weighted by Crippen LogP contribution is 2.70. The van der Waals surface area contributed by atoms with E-state index < -0.39 is 23.4 Å². The van der Waals surface area contributed by atoms with Crippen LogP contribution in [0.2, 0.25) is 0 Å². The molecule has 0 saturated heterocycles. The van der Waals surface area contributed by atoms with E-state index in [0.29, 0.717) is 30.1 Å². The Morgan fingerprint density at radius 3 is 2.24 bits per heavy atom. The van der Waals surface area contributed by atoms with Gasteiger partial charge in [-0.3, -0.25) is 0 Å². The molecule has 0 aromatic carbocycles. The van der Waals surface area contributed by atoms with Crippen LogP contribution in [0, 0.1) is 46.8 Å². The van der Waals surface area contributed by atoms with Gasteiger partial charge in [-0.2, -0.15) is 0 Å². The molecule has 8 atom stereocenters. The van der Waals surface area contributed by atoms with Crippen molar-refractivity contribution >= 4 is 12.2 Å². The number of nitrogens with two attached hydrogens (primary N) is 2. The zero-order valence-corrected chi connectivity index (χ0v) is 17.8. The van der Waals surface area contributed by atoms with Crippen LogP contribution < -0.4 is 11.5 Å². The molecule has 0 aromatic rings. The minimum atomic E-state index is -0.897. The van der Waals surface area contributed by atoms with Crippen molar-refractivity contribution in [1.29, 1.82) is 0 Å². The van der Waals surface area contributed by atoms with Crippen LogP contribution in [0.25, 0.3) is 0 Å². The first-order valence-electron chi connectivity index (χ1n) is 10.9. The van der Waals surface area contributed by atoms with E-state index in [4.69, 9.17) is 27.4 Å². The molecule has 0 bridgehead atoms. The maximum atomic E-state index is 11.6. The maximum Gasteiger partial charge on any atom is 0.406 e. The highest BCUT2D eigenvalue weighted by molar-refractivity contribution is 5.66. The van der Waals surface area contributed by atoms with Gasteiger partial charge in [-0.25, -0.2) is 9.59 Å². The molecule has 0 aliphatic heterocycles. The Hall–Kier alpha value is -1.90. The summed E-state index contributed by atoms with van der Waals surface area (Å²) in [6.45, 7) is 6.62. The minimum Gasteiger partial charge on any atom is -0.443 e. The summed E-state index contributed by atoms with van der Waals surface area (Å²) in [6.07, 6.45) is 12.1. The van der Waals surface area contributed by atoms with Crippen molar-refractivity contribution in [2.24, 2.45) is 46.0 Å². The molecule has 6 heteroatoms. The van der Waals surface area contributed by atoms with Crippen LogP contribution in [0.15, 0.2) is 0 Å². The molecule has 0 spiro atoms. The standard InChI is InChI=1S/C23H34N2O4/c1-5-23(29-19(25)27)11-9-17-15-7-6-14-12-20(2,28-18(24)26)13-21(14,3)16(15)8-10-22(17,23)4/h1,14-17H,6-13H2,2-4H3,(H2,24,26)(H2,25,27)/t14?,15?,16?,17?,20-,21+,22+,23+/m1/s1. The Balaban J connectivity index is 1.63. The Morgan fingerprint density at radius 1 is 0.966 bits per heavy atom. The molecule has 0 aromatic heterocycles. The van der Waals surface area contributed by atoms with E-state index in [1.807, 2.05) is 6.92 Å².